The lowest BCUT2D eigenvalue weighted by Crippen LogP contribution is -2.25. The van der Waals surface area contributed by atoms with Crippen molar-refractivity contribution in [1.29, 1.82) is 5.41 Å². The molecule has 140 valence electrons. The van der Waals surface area contributed by atoms with E-state index in [4.69, 9.17) is 11.1 Å². The molecule has 1 amide bonds. The van der Waals surface area contributed by atoms with Gasteiger partial charge in [-0.2, -0.15) is 0 Å². The van der Waals surface area contributed by atoms with Crippen molar-refractivity contribution in [2.45, 2.75) is 12.5 Å². The summed E-state index contributed by atoms with van der Waals surface area (Å²) < 4.78 is 0. The second-order valence-electron chi connectivity index (χ2n) is 6.69. The van der Waals surface area contributed by atoms with Crippen LogP contribution in [0.1, 0.15) is 12.6 Å². The number of likely N-dealkylation sites (N-methyl/N-ethyl adjacent to an activating group) is 1. The summed E-state index contributed by atoms with van der Waals surface area (Å²) >= 11 is 0. The van der Waals surface area contributed by atoms with Crippen LogP contribution < -0.4 is 5.73 Å². The molecule has 27 heavy (non-hydrogen) atoms. The van der Waals surface area contributed by atoms with Crippen molar-refractivity contribution >= 4 is 29.7 Å². The quantitative estimate of drug-likeness (QED) is 0.338. The summed E-state index contributed by atoms with van der Waals surface area (Å²) in [5.41, 5.74) is 7.18. The largest absolute Gasteiger partial charge is 0.384 e. The van der Waals surface area contributed by atoms with Crippen LogP contribution in [0.2, 0.25) is 0 Å². The number of nitrogens with zero attached hydrogens (tertiary/aromatic N) is 5. The zero-order valence-electron chi connectivity index (χ0n) is 15.7. The number of rotatable bonds is 6. The number of aliphatic imine (C=N–C) groups is 2. The lowest BCUT2D eigenvalue weighted by Gasteiger charge is -2.11. The normalized spacial score (nSPS) is 22.8. The molecule has 1 fully saturated rings. The van der Waals surface area contributed by atoms with Crippen LogP contribution in [0.25, 0.3) is 5.57 Å². The molecule has 1 saturated heterocycles. The molecule has 1 aromatic heterocycles. The second-order valence-corrected chi connectivity index (χ2v) is 6.69. The van der Waals surface area contributed by atoms with Crippen molar-refractivity contribution < 1.29 is 4.79 Å². The minimum absolute atomic E-state index is 0.0696. The molecular formula is C19H23N7O. The Morgan fingerprint density at radius 1 is 1.48 bits per heavy atom. The van der Waals surface area contributed by atoms with E-state index in [0.29, 0.717) is 29.2 Å². The van der Waals surface area contributed by atoms with Gasteiger partial charge in [-0.25, -0.2) is 4.99 Å². The standard InChI is InChI=1S/C19H23N7O/c1-4-13(18(27)25(2)3)9-22-10-19-11-24-17(26(19)12-19)15(16(20)21)14-7-5-6-8-23-14/h4-9,11H,10,12H2,1-3H3,(H3,20,21)/b13-4+,17-15-,22-9?. The number of amides is 1. The molecule has 0 aliphatic carbocycles. The van der Waals surface area contributed by atoms with E-state index in [9.17, 15) is 4.79 Å². The summed E-state index contributed by atoms with van der Waals surface area (Å²) in [5.74, 6) is 0.493. The first-order valence-electron chi connectivity index (χ1n) is 8.60. The van der Waals surface area contributed by atoms with Gasteiger partial charge in [0.25, 0.3) is 5.91 Å². The molecule has 0 spiro atoms. The van der Waals surface area contributed by atoms with Crippen LogP contribution in [0.3, 0.4) is 0 Å². The summed E-state index contributed by atoms with van der Waals surface area (Å²) in [5, 5.41) is 7.93. The minimum Gasteiger partial charge on any atom is -0.384 e. The fourth-order valence-corrected chi connectivity index (χ4v) is 2.96. The predicted octanol–water partition coefficient (Wildman–Crippen LogP) is 0.930. The van der Waals surface area contributed by atoms with Gasteiger partial charge in [-0.15, -0.1) is 0 Å². The van der Waals surface area contributed by atoms with Gasteiger partial charge >= 0.3 is 0 Å². The number of aromatic nitrogens is 1. The van der Waals surface area contributed by atoms with Crippen molar-refractivity contribution in [3.8, 4) is 0 Å². The third kappa shape index (κ3) is 3.51. The molecule has 2 aliphatic heterocycles. The molecule has 1 atom stereocenters. The summed E-state index contributed by atoms with van der Waals surface area (Å²) in [7, 11) is 3.42. The van der Waals surface area contributed by atoms with Crippen LogP contribution >= 0.6 is 0 Å². The molecule has 0 aromatic carbocycles. The summed E-state index contributed by atoms with van der Waals surface area (Å²) in [4.78, 5) is 28.8. The maximum absolute atomic E-state index is 12.0. The Labute approximate surface area is 158 Å². The molecule has 0 radical (unpaired) electrons. The van der Waals surface area contributed by atoms with Gasteiger partial charge in [0, 0.05) is 32.7 Å². The van der Waals surface area contributed by atoms with Gasteiger partial charge in [-0.3, -0.25) is 20.2 Å². The van der Waals surface area contributed by atoms with Gasteiger partial charge in [0.2, 0.25) is 0 Å². The molecule has 1 aromatic rings. The highest BCUT2D eigenvalue weighted by Crippen LogP contribution is 2.43. The Hall–Kier alpha value is -3.29. The van der Waals surface area contributed by atoms with Crippen molar-refractivity contribution in [3.63, 3.8) is 0 Å². The molecule has 8 nitrogen and oxygen atoms in total. The van der Waals surface area contributed by atoms with Crippen LogP contribution in [-0.2, 0) is 4.79 Å². The third-order valence-electron chi connectivity index (χ3n) is 4.52. The van der Waals surface area contributed by atoms with Crippen molar-refractivity contribution in [2.75, 3.05) is 27.2 Å². The van der Waals surface area contributed by atoms with Crippen LogP contribution in [-0.4, -0.2) is 71.7 Å². The Kier molecular flexibility index (Phi) is 4.89. The smallest absolute Gasteiger partial charge is 0.254 e. The highest BCUT2D eigenvalue weighted by Gasteiger charge is 2.56. The topological polar surface area (TPSA) is 111 Å². The minimum atomic E-state index is -0.304. The van der Waals surface area contributed by atoms with E-state index in [-0.39, 0.29) is 17.3 Å². The maximum Gasteiger partial charge on any atom is 0.254 e. The monoisotopic (exact) mass is 365 g/mol. The van der Waals surface area contributed by atoms with Crippen molar-refractivity contribution in [3.05, 3.63) is 47.6 Å². The average Bonchev–Trinajstić information content (AvgIpc) is 3.26. The van der Waals surface area contributed by atoms with E-state index in [0.717, 1.165) is 6.54 Å². The number of hydrogen-bond acceptors (Lipinski definition) is 6. The van der Waals surface area contributed by atoms with E-state index in [1.807, 2.05) is 31.3 Å². The van der Waals surface area contributed by atoms with Gasteiger partial charge in [-0.05, 0) is 19.1 Å². The number of nitrogens with two attached hydrogens (primary N) is 1. The molecule has 0 saturated carbocycles. The number of amidine groups is 1. The molecular weight excluding hydrogens is 342 g/mol. The molecule has 8 heteroatoms. The number of allylic oxidation sites excluding steroid dienone is 1. The summed E-state index contributed by atoms with van der Waals surface area (Å²) in [6.45, 7) is 3.04. The molecule has 1 unspecified atom stereocenters. The predicted molar refractivity (Wildman–Crippen MR) is 107 cm³/mol. The fraction of sp³-hybridized carbons (Fsp3) is 0.316. The number of carbonyl (C=O) groups is 1. The lowest BCUT2D eigenvalue weighted by atomic mass is 10.1. The van der Waals surface area contributed by atoms with E-state index in [1.54, 1.807) is 32.6 Å². The van der Waals surface area contributed by atoms with Gasteiger partial charge < -0.3 is 15.5 Å². The van der Waals surface area contributed by atoms with Gasteiger partial charge in [0.15, 0.2) is 0 Å². The summed E-state index contributed by atoms with van der Waals surface area (Å²) in [6.07, 6.45) is 6.86. The van der Waals surface area contributed by atoms with Gasteiger partial charge in [0.05, 0.1) is 29.9 Å². The van der Waals surface area contributed by atoms with Crippen LogP contribution in [0.5, 0.6) is 0 Å². The zero-order valence-corrected chi connectivity index (χ0v) is 15.7. The fourth-order valence-electron chi connectivity index (χ4n) is 2.96. The Bertz CT molecular complexity index is 883. The molecule has 0 bridgehead atoms. The number of carbonyl (C=O) groups excluding carboxylic acids is 1. The van der Waals surface area contributed by atoms with E-state index in [1.165, 1.54) is 4.90 Å². The molecule has 3 heterocycles. The van der Waals surface area contributed by atoms with Crippen LogP contribution in [0, 0.1) is 5.41 Å². The van der Waals surface area contributed by atoms with Crippen molar-refractivity contribution in [1.82, 2.24) is 14.8 Å². The van der Waals surface area contributed by atoms with E-state index < -0.39 is 0 Å². The first-order valence-corrected chi connectivity index (χ1v) is 8.60. The second kappa shape index (κ2) is 7.14. The summed E-state index contributed by atoms with van der Waals surface area (Å²) in [6, 6.07) is 5.48. The van der Waals surface area contributed by atoms with Gasteiger partial charge in [-0.1, -0.05) is 12.1 Å². The Morgan fingerprint density at radius 3 is 2.81 bits per heavy atom. The van der Waals surface area contributed by atoms with Gasteiger partial charge in [0.1, 0.15) is 17.2 Å². The Balaban J connectivity index is 1.78. The van der Waals surface area contributed by atoms with Crippen LogP contribution in [0.4, 0.5) is 0 Å². The number of nitrogens with one attached hydrogen (secondary N) is 1. The third-order valence-corrected chi connectivity index (χ3v) is 4.52. The molecule has 3 N–H and O–H groups in total. The van der Waals surface area contributed by atoms with Crippen molar-refractivity contribution in [2.24, 2.45) is 15.7 Å². The average molecular weight is 365 g/mol. The maximum atomic E-state index is 12.0. The van der Waals surface area contributed by atoms with E-state index in [2.05, 4.69) is 19.9 Å². The first kappa shape index (κ1) is 18.5. The van der Waals surface area contributed by atoms with E-state index >= 15 is 0 Å². The first-order chi connectivity index (χ1) is 12.9. The molecule has 2 aliphatic rings. The Morgan fingerprint density at radius 2 is 2.26 bits per heavy atom. The highest BCUT2D eigenvalue weighted by atomic mass is 16.2. The molecule has 3 rings (SSSR count). The number of pyridine rings is 1. The SMILES string of the molecule is C/C=C(\C=NCC12C=N/C(=C(/C(=N)N)c3ccccn3)N1C2)C(=O)N(C)C. The lowest BCUT2D eigenvalue weighted by molar-refractivity contribution is -0.124. The van der Waals surface area contributed by atoms with Crippen LogP contribution in [0.15, 0.2) is 51.9 Å². The number of fused-ring (bicyclic) bond motifs is 1. The number of hydrogen-bond donors (Lipinski definition) is 2. The highest BCUT2D eigenvalue weighted by molar-refractivity contribution is 6.21. The zero-order chi connectivity index (χ0) is 19.6.